The number of ether oxygens (including phenoxy) is 1. The number of hydrogen-bond acceptors (Lipinski definition) is 5. The molecule has 0 fully saturated rings. The normalized spacial score (nSPS) is 11.1. The van der Waals surface area contributed by atoms with Crippen molar-refractivity contribution >= 4 is 27.3 Å². The number of hydrogen-bond donors (Lipinski definition) is 0. The van der Waals surface area contributed by atoms with Gasteiger partial charge < -0.3 is 4.74 Å². The van der Waals surface area contributed by atoms with Crippen molar-refractivity contribution < 1.29 is 13.9 Å². The average Bonchev–Trinajstić information content (AvgIpc) is 3.08. The van der Waals surface area contributed by atoms with E-state index in [4.69, 9.17) is 4.74 Å². The van der Waals surface area contributed by atoms with Crippen LogP contribution in [0.3, 0.4) is 0 Å². The van der Waals surface area contributed by atoms with Crippen LogP contribution in [-0.4, -0.2) is 22.4 Å². The molecule has 0 aliphatic heterocycles. The summed E-state index contributed by atoms with van der Waals surface area (Å²) in [5.41, 5.74) is 2.11. The summed E-state index contributed by atoms with van der Waals surface area (Å²) < 4.78 is 20.1. The highest BCUT2D eigenvalue weighted by atomic mass is 32.1. The first-order chi connectivity index (χ1) is 14.4. The van der Waals surface area contributed by atoms with Crippen LogP contribution in [0, 0.1) is 19.7 Å². The lowest BCUT2D eigenvalue weighted by molar-refractivity contribution is 0.0970. The molecular weight excluding hydrogens is 403 g/mol. The Kier molecular flexibility index (Phi) is 5.22. The molecule has 2 aromatic carbocycles. The molecule has 0 aliphatic carbocycles. The Hall–Kier alpha value is -3.32. The van der Waals surface area contributed by atoms with Gasteiger partial charge in [-0.1, -0.05) is 12.1 Å². The van der Waals surface area contributed by atoms with E-state index < -0.39 is 0 Å². The summed E-state index contributed by atoms with van der Waals surface area (Å²) in [7, 11) is 1.59. The predicted octanol–water partition coefficient (Wildman–Crippen LogP) is 4.77. The number of rotatable bonds is 5. The maximum absolute atomic E-state index is 13.5. The van der Waals surface area contributed by atoms with Gasteiger partial charge in [0, 0.05) is 16.0 Å². The molecule has 0 aliphatic rings. The van der Waals surface area contributed by atoms with Crippen LogP contribution in [-0.2, 0) is 6.54 Å². The fourth-order valence-corrected chi connectivity index (χ4v) is 4.44. The lowest BCUT2D eigenvalue weighted by Crippen LogP contribution is -2.24. The van der Waals surface area contributed by atoms with Crippen LogP contribution in [0.4, 0.5) is 4.39 Å². The molecule has 2 heterocycles. The maximum Gasteiger partial charge on any atom is 0.263 e. The largest absolute Gasteiger partial charge is 0.497 e. The number of carbonyl (C=O) groups excluding carboxylic acids is 1. The lowest BCUT2D eigenvalue weighted by Gasteiger charge is -2.08. The minimum absolute atomic E-state index is 0.167. The van der Waals surface area contributed by atoms with Crippen LogP contribution < -0.4 is 10.3 Å². The van der Waals surface area contributed by atoms with Crippen molar-refractivity contribution in [3.05, 3.63) is 81.0 Å². The van der Waals surface area contributed by atoms with Crippen molar-refractivity contribution in [2.45, 2.75) is 20.4 Å². The highest BCUT2D eigenvalue weighted by Gasteiger charge is 2.19. The van der Waals surface area contributed by atoms with Crippen molar-refractivity contribution in [1.82, 2.24) is 9.55 Å². The molecule has 152 valence electrons. The van der Waals surface area contributed by atoms with Crippen LogP contribution in [0.5, 0.6) is 5.75 Å². The quantitative estimate of drug-likeness (QED) is 0.435. The third kappa shape index (κ3) is 3.52. The number of methoxy groups -OCH3 is 1. The van der Waals surface area contributed by atoms with Crippen molar-refractivity contribution in [3.8, 4) is 16.9 Å². The molecule has 7 heteroatoms. The Morgan fingerprint density at radius 1 is 1.20 bits per heavy atom. The smallest absolute Gasteiger partial charge is 0.263 e. The second-order valence-corrected chi connectivity index (χ2v) is 8.21. The summed E-state index contributed by atoms with van der Waals surface area (Å²) >= 11 is 1.44. The van der Waals surface area contributed by atoms with E-state index in [0.717, 1.165) is 16.0 Å². The molecule has 4 aromatic rings. The van der Waals surface area contributed by atoms with Gasteiger partial charge in [-0.3, -0.25) is 14.2 Å². The van der Waals surface area contributed by atoms with Crippen LogP contribution in [0.25, 0.3) is 21.3 Å². The number of benzene rings is 2. The number of halogens is 1. The van der Waals surface area contributed by atoms with Gasteiger partial charge in [0.05, 0.1) is 25.4 Å². The zero-order valence-electron chi connectivity index (χ0n) is 16.7. The second kappa shape index (κ2) is 7.84. The van der Waals surface area contributed by atoms with Crippen LogP contribution in [0.2, 0.25) is 0 Å². The summed E-state index contributed by atoms with van der Waals surface area (Å²) in [4.78, 5) is 31.9. The highest BCUT2D eigenvalue weighted by molar-refractivity contribution is 7.19. The van der Waals surface area contributed by atoms with Crippen molar-refractivity contribution in [2.24, 2.45) is 0 Å². The van der Waals surface area contributed by atoms with E-state index in [-0.39, 0.29) is 23.7 Å². The van der Waals surface area contributed by atoms with Gasteiger partial charge >= 0.3 is 0 Å². The molecule has 0 amide bonds. The first-order valence-corrected chi connectivity index (χ1v) is 10.1. The molecule has 0 saturated carbocycles. The molecule has 4 rings (SSSR count). The molecular formula is C23H19FN2O3S. The Morgan fingerprint density at radius 2 is 2.00 bits per heavy atom. The molecule has 30 heavy (non-hydrogen) atoms. The minimum atomic E-state index is -0.372. The number of thiophene rings is 1. The number of aromatic nitrogens is 2. The van der Waals surface area contributed by atoms with E-state index in [9.17, 15) is 14.0 Å². The monoisotopic (exact) mass is 422 g/mol. The van der Waals surface area contributed by atoms with Gasteiger partial charge in [0.15, 0.2) is 5.78 Å². The van der Waals surface area contributed by atoms with Gasteiger partial charge in [0.2, 0.25) is 0 Å². The number of Topliss-reactive ketones (excluding diaryl/α,β-unsaturated/α-hetero) is 1. The van der Waals surface area contributed by atoms with Gasteiger partial charge in [-0.15, -0.1) is 11.3 Å². The number of aryl methyl sites for hydroxylation is 2. The average molecular weight is 422 g/mol. The Bertz CT molecular complexity index is 1340. The number of ketones is 1. The maximum atomic E-state index is 13.5. The molecule has 0 saturated heterocycles. The third-order valence-corrected chi connectivity index (χ3v) is 6.02. The zero-order valence-corrected chi connectivity index (χ0v) is 17.5. The fourth-order valence-electron chi connectivity index (χ4n) is 3.44. The van der Waals surface area contributed by atoms with Gasteiger partial charge in [-0.25, -0.2) is 9.37 Å². The van der Waals surface area contributed by atoms with E-state index in [1.807, 2.05) is 31.2 Å². The second-order valence-electron chi connectivity index (χ2n) is 7.01. The van der Waals surface area contributed by atoms with Gasteiger partial charge in [0.1, 0.15) is 16.4 Å². The molecule has 5 nitrogen and oxygen atoms in total. The van der Waals surface area contributed by atoms with Crippen molar-refractivity contribution in [2.75, 3.05) is 7.11 Å². The summed E-state index contributed by atoms with van der Waals surface area (Å²) in [6.07, 6.45) is 1.39. The van der Waals surface area contributed by atoms with Crippen LogP contribution in [0.1, 0.15) is 20.8 Å². The van der Waals surface area contributed by atoms with Gasteiger partial charge in [-0.2, -0.15) is 0 Å². The van der Waals surface area contributed by atoms with Crippen molar-refractivity contribution in [3.63, 3.8) is 0 Å². The van der Waals surface area contributed by atoms with E-state index in [2.05, 4.69) is 4.98 Å². The molecule has 0 N–H and O–H groups in total. The number of fused-ring (bicyclic) bond motifs is 1. The standard InChI is InChI=1S/C23H19FN2O3S/c1-13-9-15(7-8-18(13)24)19(27)11-26-12-25-22-21(23(26)28)20(14(2)30-22)16-5-4-6-17(10-16)29-3/h4-10,12H,11H2,1-3H3. The summed E-state index contributed by atoms with van der Waals surface area (Å²) in [6, 6.07) is 11.7. The lowest BCUT2D eigenvalue weighted by atomic mass is 10.0. The third-order valence-electron chi connectivity index (χ3n) is 5.01. The van der Waals surface area contributed by atoms with Gasteiger partial charge in [-0.05, 0) is 55.3 Å². The SMILES string of the molecule is COc1cccc(-c2c(C)sc3ncn(CC(=O)c4ccc(F)c(C)c4)c(=O)c23)c1. The van der Waals surface area contributed by atoms with E-state index in [1.54, 1.807) is 14.0 Å². The molecule has 0 unspecified atom stereocenters. The summed E-state index contributed by atoms with van der Waals surface area (Å²) in [5, 5.41) is 0.483. The zero-order chi connectivity index (χ0) is 21.4. The minimum Gasteiger partial charge on any atom is -0.497 e. The van der Waals surface area contributed by atoms with Crippen molar-refractivity contribution in [1.29, 1.82) is 0 Å². The molecule has 2 aromatic heterocycles. The Balaban J connectivity index is 1.79. The fraction of sp³-hybridized carbons (Fsp3) is 0.174. The van der Waals surface area contributed by atoms with Crippen LogP contribution >= 0.6 is 11.3 Å². The highest BCUT2D eigenvalue weighted by Crippen LogP contribution is 2.36. The van der Waals surface area contributed by atoms with E-state index in [0.29, 0.717) is 27.1 Å². The first-order valence-electron chi connectivity index (χ1n) is 9.31. The Labute approximate surface area is 176 Å². The predicted molar refractivity (Wildman–Crippen MR) is 116 cm³/mol. The summed E-state index contributed by atoms with van der Waals surface area (Å²) in [6.45, 7) is 3.37. The van der Waals surface area contributed by atoms with Gasteiger partial charge in [0.25, 0.3) is 5.56 Å². The topological polar surface area (TPSA) is 61.2 Å². The van der Waals surface area contributed by atoms with E-state index >= 15 is 0 Å². The molecule has 0 bridgehead atoms. The molecule has 0 radical (unpaired) electrons. The molecule has 0 atom stereocenters. The van der Waals surface area contributed by atoms with E-state index in [1.165, 1.54) is 40.4 Å². The number of carbonyl (C=O) groups is 1. The first kappa shape index (κ1) is 20.0. The Morgan fingerprint density at radius 3 is 2.73 bits per heavy atom. The number of nitrogens with zero attached hydrogens (tertiary/aromatic N) is 2. The summed E-state index contributed by atoms with van der Waals surface area (Å²) in [5.74, 6) is 0.0389. The molecule has 0 spiro atoms. The van der Waals surface area contributed by atoms with Crippen LogP contribution in [0.15, 0.2) is 53.6 Å².